The molecule has 0 fully saturated rings. The molecule has 0 spiro atoms. The lowest BCUT2D eigenvalue weighted by atomic mass is 9.96. The quantitative estimate of drug-likeness (QED) is 0.394. The lowest BCUT2D eigenvalue weighted by Gasteiger charge is -2.27. The monoisotopic (exact) mass is 370 g/mol. The first kappa shape index (κ1) is 18.1. The highest BCUT2D eigenvalue weighted by Gasteiger charge is 2.35. The molecule has 0 saturated carbocycles. The van der Waals surface area contributed by atoms with E-state index in [1.165, 1.54) is 14.2 Å². The summed E-state index contributed by atoms with van der Waals surface area (Å²) in [5, 5.41) is 0. The molecule has 2 aromatic rings. The van der Waals surface area contributed by atoms with Crippen LogP contribution in [0.15, 0.2) is 46.2 Å². The summed E-state index contributed by atoms with van der Waals surface area (Å²) in [5.74, 6) is -1.61. The molecule has 6 heteroatoms. The molecule has 0 saturated heterocycles. The molecule has 0 amide bonds. The minimum absolute atomic E-state index is 0.102. The van der Waals surface area contributed by atoms with E-state index in [-0.39, 0.29) is 10.6 Å². The summed E-state index contributed by atoms with van der Waals surface area (Å²) in [7, 11) is 1.36. The molecule has 5 nitrogen and oxygen atoms in total. The maximum absolute atomic E-state index is 13.1. The fourth-order valence-corrected chi connectivity index (χ4v) is 5.64. The van der Waals surface area contributed by atoms with Gasteiger partial charge >= 0.3 is 11.9 Å². The number of ether oxygens (including phenoxy) is 2. The summed E-state index contributed by atoms with van der Waals surface area (Å²) < 4.78 is 9.72. The Kier molecular flexibility index (Phi) is 4.78. The van der Waals surface area contributed by atoms with Crippen molar-refractivity contribution in [2.75, 3.05) is 14.2 Å². The second-order valence-electron chi connectivity index (χ2n) is 5.85. The largest absolute Gasteiger partial charge is 0.465 e. The second kappa shape index (κ2) is 6.88. The van der Waals surface area contributed by atoms with E-state index in [1.54, 1.807) is 24.3 Å². The van der Waals surface area contributed by atoms with Crippen molar-refractivity contribution >= 4 is 33.1 Å². The fraction of sp³-hybridized carbons (Fsp3) is 0.200. The number of carbonyl (C=O) groups excluding carboxylic acids is 3. The standard InChI is InChI=1S/C20H18O5S/c1-11-9-10-12(2)17-15(11)16(21)13-7-5-6-8-14(13)26(17)18(19(22)24-3)20(23)25-4/h5-10H,1-4H3. The van der Waals surface area contributed by atoms with Crippen molar-refractivity contribution < 1.29 is 23.9 Å². The van der Waals surface area contributed by atoms with E-state index in [0.29, 0.717) is 20.9 Å². The third-order valence-corrected chi connectivity index (χ3v) is 6.76. The van der Waals surface area contributed by atoms with E-state index in [1.807, 2.05) is 26.0 Å². The zero-order chi connectivity index (χ0) is 19.0. The van der Waals surface area contributed by atoms with E-state index in [9.17, 15) is 14.4 Å². The number of hydrogen-bond donors (Lipinski definition) is 0. The third kappa shape index (κ3) is 2.66. The summed E-state index contributed by atoms with van der Waals surface area (Å²) in [5.41, 5.74) is 2.67. The summed E-state index contributed by atoms with van der Waals surface area (Å²) in [4.78, 5) is 39.2. The highest BCUT2D eigenvalue weighted by molar-refractivity contribution is 8.18. The number of carbonyl (C=O) groups is 3. The summed E-state index contributed by atoms with van der Waals surface area (Å²) in [6.07, 6.45) is 0. The molecule has 134 valence electrons. The number of hydrogen-bond acceptors (Lipinski definition) is 5. The highest BCUT2D eigenvalue weighted by Crippen LogP contribution is 2.48. The molecular weight excluding hydrogens is 352 g/mol. The van der Waals surface area contributed by atoms with Crippen LogP contribution in [0.5, 0.6) is 0 Å². The Hall–Kier alpha value is -2.73. The summed E-state index contributed by atoms with van der Waals surface area (Å²) in [6, 6.07) is 10.8. The second-order valence-corrected chi connectivity index (χ2v) is 7.72. The van der Waals surface area contributed by atoms with Gasteiger partial charge in [-0.1, -0.05) is 34.7 Å². The lowest BCUT2D eigenvalue weighted by molar-refractivity contribution is -0.137. The van der Waals surface area contributed by atoms with Crippen molar-refractivity contribution in [3.63, 3.8) is 0 Å². The molecule has 26 heavy (non-hydrogen) atoms. The van der Waals surface area contributed by atoms with Crippen LogP contribution in [0, 0.1) is 13.8 Å². The first-order chi connectivity index (χ1) is 12.4. The van der Waals surface area contributed by atoms with E-state index >= 15 is 0 Å². The van der Waals surface area contributed by atoms with E-state index in [0.717, 1.165) is 11.1 Å². The molecular formula is C20H18O5S. The number of benzene rings is 2. The molecule has 0 bridgehead atoms. The average molecular weight is 370 g/mol. The Morgan fingerprint density at radius 1 is 0.885 bits per heavy atom. The van der Waals surface area contributed by atoms with Crippen LogP contribution in [0.4, 0.5) is 0 Å². The van der Waals surface area contributed by atoms with Gasteiger partial charge in [-0.25, -0.2) is 9.59 Å². The molecule has 0 N–H and O–H groups in total. The van der Waals surface area contributed by atoms with Gasteiger partial charge in [0.05, 0.1) is 14.2 Å². The minimum Gasteiger partial charge on any atom is -0.465 e. The predicted molar refractivity (Wildman–Crippen MR) is 99.0 cm³/mol. The van der Waals surface area contributed by atoms with Crippen LogP contribution in [0.25, 0.3) is 0 Å². The molecule has 1 heterocycles. The minimum atomic E-state index is -1.09. The molecule has 1 aliphatic heterocycles. The van der Waals surface area contributed by atoms with Crippen LogP contribution in [-0.2, 0) is 19.1 Å². The summed E-state index contributed by atoms with van der Waals surface area (Å²) in [6.45, 7) is 3.72. The van der Waals surface area contributed by atoms with Gasteiger partial charge in [-0.15, -0.1) is 0 Å². The van der Waals surface area contributed by atoms with E-state index in [4.69, 9.17) is 9.47 Å². The molecule has 1 unspecified atom stereocenters. The third-order valence-electron chi connectivity index (χ3n) is 4.29. The highest BCUT2D eigenvalue weighted by atomic mass is 32.2. The zero-order valence-corrected chi connectivity index (χ0v) is 15.7. The molecule has 3 rings (SSSR count). The normalized spacial score (nSPS) is 14.9. The van der Waals surface area contributed by atoms with Crippen LogP contribution in [0.2, 0.25) is 0 Å². The number of methoxy groups -OCH3 is 2. The molecule has 1 aliphatic rings. The number of esters is 2. The van der Waals surface area contributed by atoms with Crippen molar-refractivity contribution in [3.8, 4) is 0 Å². The number of aryl methyl sites for hydroxylation is 2. The van der Waals surface area contributed by atoms with Gasteiger partial charge in [-0.3, -0.25) is 4.79 Å². The van der Waals surface area contributed by atoms with Crippen molar-refractivity contribution in [3.05, 3.63) is 58.7 Å². The number of ketones is 1. The predicted octanol–water partition coefficient (Wildman–Crippen LogP) is 3.05. The van der Waals surface area contributed by atoms with Gasteiger partial charge < -0.3 is 9.47 Å². The van der Waals surface area contributed by atoms with Gasteiger partial charge in [0, 0.05) is 20.9 Å². The Labute approximate surface area is 153 Å². The molecule has 2 aromatic carbocycles. The Balaban J connectivity index is 2.55. The smallest absolute Gasteiger partial charge is 0.351 e. The van der Waals surface area contributed by atoms with E-state index in [2.05, 4.69) is 0 Å². The van der Waals surface area contributed by atoms with Gasteiger partial charge in [0.25, 0.3) is 0 Å². The molecule has 1 atom stereocenters. The van der Waals surface area contributed by atoms with Gasteiger partial charge in [-0.2, -0.15) is 0 Å². The summed E-state index contributed by atoms with van der Waals surface area (Å²) >= 11 is 0. The fourth-order valence-electron chi connectivity index (χ4n) is 3.05. The van der Waals surface area contributed by atoms with Crippen LogP contribution in [-0.4, -0.2) is 36.8 Å². The van der Waals surface area contributed by atoms with Crippen molar-refractivity contribution in [1.29, 1.82) is 0 Å². The van der Waals surface area contributed by atoms with Gasteiger partial charge in [-0.05, 0) is 37.1 Å². The molecule has 0 aromatic heterocycles. The Morgan fingerprint density at radius 2 is 1.46 bits per heavy atom. The maximum atomic E-state index is 13.1. The molecule has 0 radical (unpaired) electrons. The maximum Gasteiger partial charge on any atom is 0.351 e. The van der Waals surface area contributed by atoms with Gasteiger partial charge in [0.1, 0.15) is 0 Å². The van der Waals surface area contributed by atoms with Crippen molar-refractivity contribution in [1.82, 2.24) is 0 Å². The zero-order valence-electron chi connectivity index (χ0n) is 14.9. The van der Waals surface area contributed by atoms with Crippen LogP contribution >= 0.6 is 10.5 Å². The van der Waals surface area contributed by atoms with Crippen molar-refractivity contribution in [2.45, 2.75) is 23.6 Å². The average Bonchev–Trinajstić information content (AvgIpc) is 2.66. The van der Waals surface area contributed by atoms with Crippen LogP contribution in [0.3, 0.4) is 0 Å². The van der Waals surface area contributed by atoms with Gasteiger partial charge in [0.2, 0.25) is 0 Å². The Morgan fingerprint density at radius 3 is 2.08 bits per heavy atom. The van der Waals surface area contributed by atoms with Crippen molar-refractivity contribution in [2.24, 2.45) is 0 Å². The number of rotatable bonds is 2. The van der Waals surface area contributed by atoms with Gasteiger partial charge in [0.15, 0.2) is 10.6 Å². The SMILES string of the molecule is COC(=O)C(C(=O)OC)=S1c2ccccc2C(=O)c2c(C)ccc(C)c21. The first-order valence-corrected chi connectivity index (χ1v) is 9.16. The number of fused-ring (bicyclic) bond motifs is 2. The lowest BCUT2D eigenvalue weighted by Crippen LogP contribution is -2.28. The van der Waals surface area contributed by atoms with Crippen LogP contribution in [0.1, 0.15) is 27.0 Å². The molecule has 0 aliphatic carbocycles. The first-order valence-electron chi connectivity index (χ1n) is 7.94. The van der Waals surface area contributed by atoms with E-state index < -0.39 is 22.4 Å². The topological polar surface area (TPSA) is 69.7 Å². The Bertz CT molecular complexity index is 970. The van der Waals surface area contributed by atoms with Crippen LogP contribution < -0.4 is 0 Å².